The summed E-state index contributed by atoms with van der Waals surface area (Å²) in [6, 6.07) is 6.39. The average Bonchev–Trinajstić information content (AvgIpc) is 2.25. The number of nitrogens with zero attached hydrogens (tertiary/aromatic N) is 1. The summed E-state index contributed by atoms with van der Waals surface area (Å²) in [7, 11) is 3.73. The first-order chi connectivity index (χ1) is 8.31. The molecule has 18 heavy (non-hydrogen) atoms. The van der Waals surface area contributed by atoms with Crippen molar-refractivity contribution >= 4 is 5.78 Å². The molecule has 0 spiro atoms. The molecule has 0 aliphatic carbocycles. The van der Waals surface area contributed by atoms with Gasteiger partial charge in [-0.05, 0) is 30.2 Å². The van der Waals surface area contributed by atoms with Crippen molar-refractivity contribution < 1.29 is 9.18 Å². The molecule has 2 nitrogen and oxygen atoms in total. The molecular formula is C15H20FNO. The normalized spacial score (nSPS) is 11.8. The van der Waals surface area contributed by atoms with Crippen molar-refractivity contribution in [3.63, 3.8) is 0 Å². The Bertz CT molecular complexity index is 450. The largest absolute Gasteiger partial charge is 0.383 e. The Kier molecular flexibility index (Phi) is 4.65. The SMILES string of the molecule is CN(C)/C=C/C(=O)C(C)(C)Cc1cccc(F)c1. The van der Waals surface area contributed by atoms with Crippen molar-refractivity contribution in [3.8, 4) is 0 Å². The van der Waals surface area contributed by atoms with Crippen LogP contribution >= 0.6 is 0 Å². The lowest BCUT2D eigenvalue weighted by atomic mass is 9.81. The van der Waals surface area contributed by atoms with Gasteiger partial charge < -0.3 is 4.90 Å². The number of rotatable bonds is 5. The minimum absolute atomic E-state index is 0.0421. The van der Waals surface area contributed by atoms with E-state index < -0.39 is 5.41 Å². The van der Waals surface area contributed by atoms with Gasteiger partial charge in [-0.1, -0.05) is 26.0 Å². The van der Waals surface area contributed by atoms with Gasteiger partial charge in [-0.15, -0.1) is 0 Å². The molecule has 0 aromatic heterocycles. The number of allylic oxidation sites excluding steroid dienone is 1. The second-order valence-electron chi connectivity index (χ2n) is 5.33. The van der Waals surface area contributed by atoms with Crippen molar-refractivity contribution in [2.75, 3.05) is 14.1 Å². The third-order valence-electron chi connectivity index (χ3n) is 2.73. The molecule has 0 bridgehead atoms. The highest BCUT2D eigenvalue weighted by Gasteiger charge is 2.25. The molecule has 0 saturated heterocycles. The second kappa shape index (κ2) is 5.80. The molecule has 0 atom stereocenters. The lowest BCUT2D eigenvalue weighted by molar-refractivity contribution is -0.122. The number of carbonyl (C=O) groups is 1. The van der Waals surface area contributed by atoms with E-state index in [-0.39, 0.29) is 11.6 Å². The number of hydrogen-bond acceptors (Lipinski definition) is 2. The maximum absolute atomic E-state index is 13.1. The Balaban J connectivity index is 2.78. The Morgan fingerprint density at radius 1 is 1.39 bits per heavy atom. The Morgan fingerprint density at radius 2 is 2.06 bits per heavy atom. The number of carbonyl (C=O) groups excluding carboxylic acids is 1. The zero-order valence-electron chi connectivity index (χ0n) is 11.4. The van der Waals surface area contributed by atoms with Gasteiger partial charge in [0, 0.05) is 25.7 Å². The van der Waals surface area contributed by atoms with E-state index in [2.05, 4.69) is 0 Å². The summed E-state index contributed by atoms with van der Waals surface area (Å²) in [5.41, 5.74) is 0.312. The van der Waals surface area contributed by atoms with Crippen molar-refractivity contribution in [2.45, 2.75) is 20.3 Å². The maximum Gasteiger partial charge on any atom is 0.163 e. The van der Waals surface area contributed by atoms with Gasteiger partial charge >= 0.3 is 0 Å². The minimum Gasteiger partial charge on any atom is -0.383 e. The highest BCUT2D eigenvalue weighted by atomic mass is 19.1. The molecule has 0 heterocycles. The van der Waals surface area contributed by atoms with Crippen LogP contribution < -0.4 is 0 Å². The first kappa shape index (κ1) is 14.4. The van der Waals surface area contributed by atoms with Crippen molar-refractivity contribution in [1.29, 1.82) is 0 Å². The Labute approximate surface area is 108 Å². The van der Waals surface area contributed by atoms with Crippen LogP contribution in [0.25, 0.3) is 0 Å². The zero-order valence-corrected chi connectivity index (χ0v) is 11.4. The maximum atomic E-state index is 13.1. The minimum atomic E-state index is -0.527. The summed E-state index contributed by atoms with van der Waals surface area (Å²) in [4.78, 5) is 13.9. The Hall–Kier alpha value is -1.64. The van der Waals surface area contributed by atoms with E-state index in [4.69, 9.17) is 0 Å². The van der Waals surface area contributed by atoms with E-state index in [9.17, 15) is 9.18 Å². The molecule has 0 aliphatic heterocycles. The quantitative estimate of drug-likeness (QED) is 0.748. The van der Waals surface area contributed by atoms with Gasteiger partial charge in [0.2, 0.25) is 0 Å². The van der Waals surface area contributed by atoms with E-state index >= 15 is 0 Å². The molecule has 0 N–H and O–H groups in total. The van der Waals surface area contributed by atoms with E-state index in [1.54, 1.807) is 18.3 Å². The first-order valence-electron chi connectivity index (χ1n) is 5.95. The predicted molar refractivity (Wildman–Crippen MR) is 71.7 cm³/mol. The number of ketones is 1. The van der Waals surface area contributed by atoms with Gasteiger partial charge in [0.1, 0.15) is 5.82 Å². The lowest BCUT2D eigenvalue weighted by Gasteiger charge is -2.21. The van der Waals surface area contributed by atoms with Gasteiger partial charge in [-0.2, -0.15) is 0 Å². The molecule has 98 valence electrons. The molecule has 0 unspecified atom stereocenters. The summed E-state index contributed by atoms with van der Waals surface area (Å²) in [5.74, 6) is -0.222. The van der Waals surface area contributed by atoms with Crippen LogP contribution in [-0.2, 0) is 11.2 Å². The molecule has 0 radical (unpaired) electrons. The summed E-state index contributed by atoms with van der Waals surface area (Å²) >= 11 is 0. The molecule has 1 aromatic rings. The fourth-order valence-corrected chi connectivity index (χ4v) is 1.69. The first-order valence-corrected chi connectivity index (χ1v) is 5.95. The van der Waals surface area contributed by atoms with Crippen LogP contribution in [0.5, 0.6) is 0 Å². The molecule has 0 fully saturated rings. The van der Waals surface area contributed by atoms with Crippen LogP contribution in [0.3, 0.4) is 0 Å². The predicted octanol–water partition coefficient (Wildman–Crippen LogP) is 3.04. The molecule has 0 amide bonds. The summed E-state index contributed by atoms with van der Waals surface area (Å²) in [6.45, 7) is 3.75. The monoisotopic (exact) mass is 249 g/mol. The molecule has 1 rings (SSSR count). The smallest absolute Gasteiger partial charge is 0.163 e. The van der Waals surface area contributed by atoms with Crippen LogP contribution in [0.2, 0.25) is 0 Å². The van der Waals surface area contributed by atoms with Crippen LogP contribution in [0, 0.1) is 11.2 Å². The fraction of sp³-hybridized carbons (Fsp3) is 0.400. The van der Waals surface area contributed by atoms with E-state index in [0.717, 1.165) is 5.56 Å². The molecule has 1 aromatic carbocycles. The number of hydrogen-bond donors (Lipinski definition) is 0. The van der Waals surface area contributed by atoms with Crippen LogP contribution in [0.1, 0.15) is 19.4 Å². The third kappa shape index (κ3) is 4.32. The Morgan fingerprint density at radius 3 is 2.61 bits per heavy atom. The van der Waals surface area contributed by atoms with Crippen molar-refractivity contribution in [2.24, 2.45) is 5.41 Å². The summed E-state index contributed by atoms with van der Waals surface area (Å²) in [6.07, 6.45) is 3.83. The van der Waals surface area contributed by atoms with E-state index in [1.165, 1.54) is 12.1 Å². The molecule has 3 heteroatoms. The summed E-state index contributed by atoms with van der Waals surface area (Å²) < 4.78 is 13.1. The van der Waals surface area contributed by atoms with Crippen molar-refractivity contribution in [1.82, 2.24) is 4.90 Å². The highest BCUT2D eigenvalue weighted by Crippen LogP contribution is 2.24. The zero-order chi connectivity index (χ0) is 13.8. The standard InChI is InChI=1S/C15H20FNO/c1-15(2,14(18)8-9-17(3)4)11-12-6-5-7-13(16)10-12/h5-10H,11H2,1-4H3/b9-8+. The molecule has 0 aliphatic rings. The number of halogens is 1. The lowest BCUT2D eigenvalue weighted by Crippen LogP contribution is -2.25. The van der Waals surface area contributed by atoms with Gasteiger partial charge in [0.05, 0.1) is 0 Å². The van der Waals surface area contributed by atoms with E-state index in [1.807, 2.05) is 38.9 Å². The van der Waals surface area contributed by atoms with Gasteiger partial charge in [0.15, 0.2) is 5.78 Å². The van der Waals surface area contributed by atoms with Gasteiger partial charge in [0.25, 0.3) is 0 Å². The highest BCUT2D eigenvalue weighted by molar-refractivity contribution is 5.94. The van der Waals surface area contributed by atoms with E-state index in [0.29, 0.717) is 6.42 Å². The fourth-order valence-electron chi connectivity index (χ4n) is 1.69. The molecule has 0 saturated carbocycles. The second-order valence-corrected chi connectivity index (χ2v) is 5.33. The van der Waals surface area contributed by atoms with Gasteiger partial charge in [-0.3, -0.25) is 4.79 Å². The number of benzene rings is 1. The van der Waals surface area contributed by atoms with Gasteiger partial charge in [-0.25, -0.2) is 4.39 Å². The average molecular weight is 249 g/mol. The van der Waals surface area contributed by atoms with Crippen LogP contribution in [0.4, 0.5) is 4.39 Å². The topological polar surface area (TPSA) is 20.3 Å². The van der Waals surface area contributed by atoms with Crippen LogP contribution in [0.15, 0.2) is 36.5 Å². The molecular weight excluding hydrogens is 229 g/mol. The van der Waals surface area contributed by atoms with Crippen LogP contribution in [-0.4, -0.2) is 24.8 Å². The third-order valence-corrected chi connectivity index (χ3v) is 2.73. The van der Waals surface area contributed by atoms with Crippen molar-refractivity contribution in [3.05, 3.63) is 47.9 Å². The summed E-state index contributed by atoms with van der Waals surface area (Å²) in [5, 5.41) is 0.